The van der Waals surface area contributed by atoms with Crippen molar-refractivity contribution < 1.29 is 19.1 Å². The lowest BCUT2D eigenvalue weighted by molar-refractivity contribution is -0.119. The van der Waals surface area contributed by atoms with Gasteiger partial charge in [0.25, 0.3) is 11.8 Å². The number of ether oxygens (including phenoxy) is 2. The van der Waals surface area contributed by atoms with E-state index >= 15 is 0 Å². The molecule has 0 saturated heterocycles. The standard InChI is InChI=1S/C21H17ClN4O4S/c1-29-17-7-11(6-14(22)19(17)30-9-18(23)27)20(28)26-21-25-16(10-31-21)13-8-24-15-5-3-2-4-12(13)15/h2-8,10,24H,9H2,1H3,(H2,23,27)(H,25,26,28). The predicted molar refractivity (Wildman–Crippen MR) is 120 cm³/mol. The van der Waals surface area contributed by atoms with E-state index in [9.17, 15) is 9.59 Å². The first kappa shape index (κ1) is 20.7. The van der Waals surface area contributed by atoms with Crippen LogP contribution in [0, 0.1) is 0 Å². The zero-order valence-corrected chi connectivity index (χ0v) is 17.8. The number of carbonyl (C=O) groups excluding carboxylic acids is 2. The summed E-state index contributed by atoms with van der Waals surface area (Å²) < 4.78 is 10.5. The van der Waals surface area contributed by atoms with Gasteiger partial charge in [-0.05, 0) is 18.2 Å². The highest BCUT2D eigenvalue weighted by Gasteiger charge is 2.18. The first-order valence-electron chi connectivity index (χ1n) is 9.08. The van der Waals surface area contributed by atoms with Crippen LogP contribution in [0.1, 0.15) is 10.4 Å². The fraction of sp³-hybridized carbons (Fsp3) is 0.0952. The van der Waals surface area contributed by atoms with Gasteiger partial charge < -0.3 is 20.2 Å². The topological polar surface area (TPSA) is 119 Å². The van der Waals surface area contributed by atoms with Gasteiger partial charge in [0.2, 0.25) is 0 Å². The molecule has 2 aromatic carbocycles. The normalized spacial score (nSPS) is 10.8. The number of fused-ring (bicyclic) bond motifs is 1. The number of hydrogen-bond acceptors (Lipinski definition) is 6. The molecule has 0 aliphatic carbocycles. The van der Waals surface area contributed by atoms with Crippen LogP contribution in [-0.4, -0.2) is 35.5 Å². The Labute approximate surface area is 185 Å². The fourth-order valence-electron chi connectivity index (χ4n) is 3.04. The van der Waals surface area contributed by atoms with Crippen molar-refractivity contribution in [1.29, 1.82) is 0 Å². The second-order valence-corrected chi connectivity index (χ2v) is 7.75. The summed E-state index contributed by atoms with van der Waals surface area (Å²) in [5, 5.41) is 6.24. The molecule has 0 bridgehead atoms. The molecule has 0 saturated carbocycles. The van der Waals surface area contributed by atoms with E-state index in [1.54, 1.807) is 0 Å². The van der Waals surface area contributed by atoms with Gasteiger partial charge in [0, 0.05) is 33.6 Å². The quantitative estimate of drug-likeness (QED) is 0.387. The van der Waals surface area contributed by atoms with Crippen molar-refractivity contribution in [1.82, 2.24) is 9.97 Å². The van der Waals surface area contributed by atoms with Gasteiger partial charge in [-0.1, -0.05) is 29.8 Å². The van der Waals surface area contributed by atoms with Crippen LogP contribution in [0.5, 0.6) is 11.5 Å². The molecule has 4 aromatic rings. The van der Waals surface area contributed by atoms with Crippen LogP contribution in [0.25, 0.3) is 22.2 Å². The van der Waals surface area contributed by atoms with Gasteiger partial charge in [0.05, 0.1) is 17.8 Å². The highest BCUT2D eigenvalue weighted by atomic mass is 35.5. The number of nitrogens with zero attached hydrogens (tertiary/aromatic N) is 1. The van der Waals surface area contributed by atoms with Crippen molar-refractivity contribution in [2.75, 3.05) is 19.0 Å². The zero-order valence-electron chi connectivity index (χ0n) is 16.3. The van der Waals surface area contributed by atoms with Crippen LogP contribution >= 0.6 is 22.9 Å². The van der Waals surface area contributed by atoms with Crippen LogP contribution in [0.2, 0.25) is 5.02 Å². The minimum Gasteiger partial charge on any atom is -0.493 e. The number of hydrogen-bond donors (Lipinski definition) is 3. The number of aromatic nitrogens is 2. The summed E-state index contributed by atoms with van der Waals surface area (Å²) in [6.07, 6.45) is 1.89. The molecule has 8 nitrogen and oxygen atoms in total. The third-order valence-electron chi connectivity index (χ3n) is 4.44. The molecule has 31 heavy (non-hydrogen) atoms. The van der Waals surface area contributed by atoms with Crippen molar-refractivity contribution in [3.05, 3.63) is 58.6 Å². The zero-order chi connectivity index (χ0) is 22.0. The van der Waals surface area contributed by atoms with Gasteiger partial charge >= 0.3 is 0 Å². The van der Waals surface area contributed by atoms with Gasteiger partial charge in [-0.2, -0.15) is 0 Å². The number of aromatic amines is 1. The Morgan fingerprint density at radius 3 is 2.87 bits per heavy atom. The molecular weight excluding hydrogens is 440 g/mol. The number of methoxy groups -OCH3 is 1. The molecule has 0 aliphatic heterocycles. The number of thiazole rings is 1. The SMILES string of the molecule is COc1cc(C(=O)Nc2nc(-c3c[nH]c4ccccc34)cs2)cc(Cl)c1OCC(N)=O. The van der Waals surface area contributed by atoms with Crippen molar-refractivity contribution in [2.24, 2.45) is 5.73 Å². The molecule has 2 amide bonds. The molecule has 4 rings (SSSR count). The summed E-state index contributed by atoms with van der Waals surface area (Å²) in [7, 11) is 1.40. The lowest BCUT2D eigenvalue weighted by Gasteiger charge is -2.13. The number of rotatable bonds is 7. The number of H-pyrrole nitrogens is 1. The van der Waals surface area contributed by atoms with Crippen molar-refractivity contribution in [2.45, 2.75) is 0 Å². The Morgan fingerprint density at radius 1 is 1.29 bits per heavy atom. The fourth-order valence-corrected chi connectivity index (χ4v) is 4.01. The lowest BCUT2D eigenvalue weighted by atomic mass is 10.1. The second-order valence-electron chi connectivity index (χ2n) is 6.48. The van der Waals surface area contributed by atoms with E-state index in [0.29, 0.717) is 5.13 Å². The van der Waals surface area contributed by atoms with Gasteiger partial charge in [0.1, 0.15) is 0 Å². The van der Waals surface area contributed by atoms with Crippen LogP contribution in [0.4, 0.5) is 5.13 Å². The summed E-state index contributed by atoms with van der Waals surface area (Å²) in [6, 6.07) is 10.8. The summed E-state index contributed by atoms with van der Waals surface area (Å²) in [5.74, 6) is -0.732. The Balaban J connectivity index is 1.55. The Morgan fingerprint density at radius 2 is 2.10 bits per heavy atom. The summed E-state index contributed by atoms with van der Waals surface area (Å²) in [5.41, 5.74) is 8.06. The predicted octanol–water partition coefficient (Wildman–Crippen LogP) is 4.07. The molecule has 0 atom stereocenters. The van der Waals surface area contributed by atoms with Gasteiger partial charge in [-0.15, -0.1) is 11.3 Å². The van der Waals surface area contributed by atoms with Crippen LogP contribution in [0.3, 0.4) is 0 Å². The minimum atomic E-state index is -0.658. The van der Waals surface area contributed by atoms with Gasteiger partial charge in [-0.25, -0.2) is 4.98 Å². The van der Waals surface area contributed by atoms with Crippen LogP contribution < -0.4 is 20.5 Å². The average molecular weight is 457 g/mol. The molecule has 10 heteroatoms. The third kappa shape index (κ3) is 4.32. The number of halogens is 1. The molecule has 0 fully saturated rings. The van der Waals surface area contributed by atoms with E-state index in [1.807, 2.05) is 35.8 Å². The Bertz CT molecular complexity index is 1280. The molecule has 2 aromatic heterocycles. The Kier molecular flexibility index (Phi) is 5.79. The maximum atomic E-state index is 12.7. The number of amides is 2. The smallest absolute Gasteiger partial charge is 0.257 e. The van der Waals surface area contributed by atoms with E-state index in [4.69, 9.17) is 26.8 Å². The molecule has 0 unspecified atom stereocenters. The second kappa shape index (κ2) is 8.66. The van der Waals surface area contributed by atoms with Crippen molar-refractivity contribution in [3.8, 4) is 22.8 Å². The van der Waals surface area contributed by atoms with Gasteiger partial charge in [-0.3, -0.25) is 14.9 Å². The van der Waals surface area contributed by atoms with Crippen molar-refractivity contribution in [3.63, 3.8) is 0 Å². The lowest BCUT2D eigenvalue weighted by Crippen LogP contribution is -2.20. The maximum absolute atomic E-state index is 12.7. The number of anilines is 1. The highest BCUT2D eigenvalue weighted by Crippen LogP contribution is 2.37. The molecule has 0 radical (unpaired) electrons. The van der Waals surface area contributed by atoms with Crippen molar-refractivity contribution >= 4 is 50.8 Å². The molecule has 0 aliphatic rings. The van der Waals surface area contributed by atoms with E-state index in [0.717, 1.165) is 22.2 Å². The molecule has 0 spiro atoms. The number of nitrogens with one attached hydrogen (secondary N) is 2. The molecule has 4 N–H and O–H groups in total. The maximum Gasteiger partial charge on any atom is 0.257 e. The first-order chi connectivity index (χ1) is 15.0. The number of carbonyl (C=O) groups is 2. The Hall–Kier alpha value is -3.56. The first-order valence-corrected chi connectivity index (χ1v) is 10.3. The average Bonchev–Trinajstić information content (AvgIpc) is 3.38. The van der Waals surface area contributed by atoms with Crippen LogP contribution in [-0.2, 0) is 4.79 Å². The highest BCUT2D eigenvalue weighted by molar-refractivity contribution is 7.14. The van der Waals surface area contributed by atoms with E-state index < -0.39 is 11.8 Å². The monoisotopic (exact) mass is 456 g/mol. The third-order valence-corrected chi connectivity index (χ3v) is 5.48. The molecule has 2 heterocycles. The van der Waals surface area contributed by atoms with E-state index in [2.05, 4.69) is 15.3 Å². The summed E-state index contributed by atoms with van der Waals surface area (Å²) >= 11 is 7.53. The summed E-state index contributed by atoms with van der Waals surface area (Å²) in [4.78, 5) is 31.4. The molecule has 158 valence electrons. The minimum absolute atomic E-state index is 0.115. The van der Waals surface area contributed by atoms with Crippen LogP contribution in [0.15, 0.2) is 48.0 Å². The number of para-hydroxylation sites is 1. The molecular formula is C21H17ClN4O4S. The summed E-state index contributed by atoms with van der Waals surface area (Å²) in [6.45, 7) is -0.364. The number of nitrogens with two attached hydrogens (primary N) is 1. The van der Waals surface area contributed by atoms with Gasteiger partial charge in [0.15, 0.2) is 23.2 Å². The van der Waals surface area contributed by atoms with E-state index in [1.165, 1.54) is 30.6 Å². The number of primary amides is 1. The van der Waals surface area contributed by atoms with E-state index in [-0.39, 0.29) is 28.7 Å². The number of benzene rings is 2. The largest absolute Gasteiger partial charge is 0.493 e.